The highest BCUT2D eigenvalue weighted by Crippen LogP contribution is 2.33. The quantitative estimate of drug-likeness (QED) is 0.236. The summed E-state index contributed by atoms with van der Waals surface area (Å²) in [4.78, 5) is 36.8. The van der Waals surface area contributed by atoms with E-state index < -0.39 is 0 Å². The molecule has 0 bridgehead atoms. The van der Waals surface area contributed by atoms with Crippen molar-refractivity contribution in [1.29, 1.82) is 0 Å². The molecule has 0 spiro atoms. The summed E-state index contributed by atoms with van der Waals surface area (Å²) in [5.74, 6) is 0.398. The van der Waals surface area contributed by atoms with E-state index in [4.69, 9.17) is 4.74 Å². The summed E-state index contributed by atoms with van der Waals surface area (Å²) in [5, 5.41) is 6.48. The molecule has 6 rings (SSSR count). The fourth-order valence-electron chi connectivity index (χ4n) is 5.35. The zero-order valence-electron chi connectivity index (χ0n) is 25.4. The van der Waals surface area contributed by atoms with E-state index in [0.29, 0.717) is 43.2 Å². The zero-order valence-corrected chi connectivity index (χ0v) is 25.4. The lowest BCUT2D eigenvalue weighted by molar-refractivity contribution is 0.0302. The number of morpholine rings is 1. The van der Waals surface area contributed by atoms with Crippen LogP contribution in [0.3, 0.4) is 0 Å². The van der Waals surface area contributed by atoms with Gasteiger partial charge in [-0.05, 0) is 65.4 Å². The minimum atomic E-state index is -0.153. The molecule has 2 amide bonds. The van der Waals surface area contributed by atoms with Crippen LogP contribution in [0.5, 0.6) is 0 Å². The van der Waals surface area contributed by atoms with Crippen LogP contribution in [0, 0.1) is 6.92 Å². The standard InChI is InChI=1S/C35H36N6O3/c1-23-28(6-5-7-29(23)39-33(42)24-8-11-27(12-9-24)35(2,3)4)26-20-30(32-36-14-15-41(32)22-26)38-31-13-10-25(21-37-31)34(43)40-16-18-44-19-17-40/h5-15,20-22H,16-19H2,1-4H3,(H,37,38)(H,39,42). The van der Waals surface area contributed by atoms with Gasteiger partial charge in [0.15, 0.2) is 5.65 Å². The van der Waals surface area contributed by atoms with Crippen LogP contribution in [0.25, 0.3) is 16.8 Å². The lowest BCUT2D eigenvalue weighted by atomic mass is 9.86. The number of aromatic nitrogens is 3. The van der Waals surface area contributed by atoms with Crippen molar-refractivity contribution in [2.45, 2.75) is 33.1 Å². The summed E-state index contributed by atoms with van der Waals surface area (Å²) in [6, 6.07) is 19.3. The van der Waals surface area contributed by atoms with Crippen LogP contribution >= 0.6 is 0 Å². The largest absolute Gasteiger partial charge is 0.378 e. The van der Waals surface area contributed by atoms with Gasteiger partial charge in [0.25, 0.3) is 11.8 Å². The molecule has 1 aliphatic rings. The van der Waals surface area contributed by atoms with Crippen molar-refractivity contribution in [1.82, 2.24) is 19.3 Å². The Bertz CT molecular complexity index is 1810. The molecule has 0 aliphatic carbocycles. The van der Waals surface area contributed by atoms with E-state index >= 15 is 0 Å². The van der Waals surface area contributed by atoms with Crippen molar-refractivity contribution in [3.05, 3.63) is 108 Å². The zero-order chi connectivity index (χ0) is 30.8. The number of anilines is 3. The molecule has 9 heteroatoms. The van der Waals surface area contributed by atoms with Gasteiger partial charge in [0.05, 0.1) is 24.5 Å². The van der Waals surface area contributed by atoms with Crippen LogP contribution in [-0.2, 0) is 10.2 Å². The number of fused-ring (bicyclic) bond motifs is 1. The first kappa shape index (κ1) is 29.1. The van der Waals surface area contributed by atoms with E-state index in [2.05, 4.69) is 41.4 Å². The van der Waals surface area contributed by atoms with Crippen molar-refractivity contribution in [2.24, 2.45) is 0 Å². The third-order valence-corrected chi connectivity index (χ3v) is 7.97. The second-order valence-corrected chi connectivity index (χ2v) is 12.0. The highest BCUT2D eigenvalue weighted by atomic mass is 16.5. The van der Waals surface area contributed by atoms with Gasteiger partial charge in [-0.2, -0.15) is 0 Å². The predicted octanol–water partition coefficient (Wildman–Crippen LogP) is 6.47. The van der Waals surface area contributed by atoms with E-state index in [1.807, 2.05) is 72.2 Å². The second-order valence-electron chi connectivity index (χ2n) is 12.0. The van der Waals surface area contributed by atoms with E-state index in [0.717, 1.165) is 33.7 Å². The average molecular weight is 589 g/mol. The van der Waals surface area contributed by atoms with Gasteiger partial charge in [0, 0.05) is 54.7 Å². The molecule has 2 N–H and O–H groups in total. The lowest BCUT2D eigenvalue weighted by Gasteiger charge is -2.26. The molecule has 1 fully saturated rings. The van der Waals surface area contributed by atoms with Crippen molar-refractivity contribution < 1.29 is 14.3 Å². The molecule has 0 unspecified atom stereocenters. The van der Waals surface area contributed by atoms with Crippen molar-refractivity contribution in [3.8, 4) is 11.1 Å². The Morgan fingerprint density at radius 3 is 2.36 bits per heavy atom. The maximum absolute atomic E-state index is 13.2. The molecule has 44 heavy (non-hydrogen) atoms. The van der Waals surface area contributed by atoms with Crippen LogP contribution in [0.4, 0.5) is 17.2 Å². The number of pyridine rings is 2. The van der Waals surface area contributed by atoms with E-state index in [9.17, 15) is 9.59 Å². The smallest absolute Gasteiger partial charge is 0.255 e. The van der Waals surface area contributed by atoms with Gasteiger partial charge in [-0.25, -0.2) is 9.97 Å². The Kier molecular flexibility index (Phi) is 7.88. The molecule has 3 aromatic heterocycles. The van der Waals surface area contributed by atoms with E-state index in [-0.39, 0.29) is 17.2 Å². The van der Waals surface area contributed by atoms with Crippen LogP contribution in [-0.4, -0.2) is 57.4 Å². The third-order valence-electron chi connectivity index (χ3n) is 7.97. The minimum absolute atomic E-state index is 0.0194. The predicted molar refractivity (Wildman–Crippen MR) is 173 cm³/mol. The highest BCUT2D eigenvalue weighted by Gasteiger charge is 2.19. The minimum Gasteiger partial charge on any atom is -0.378 e. The number of imidazole rings is 1. The van der Waals surface area contributed by atoms with Gasteiger partial charge in [-0.3, -0.25) is 9.59 Å². The van der Waals surface area contributed by atoms with Crippen molar-refractivity contribution >= 4 is 34.7 Å². The van der Waals surface area contributed by atoms with E-state index in [1.54, 1.807) is 29.4 Å². The maximum Gasteiger partial charge on any atom is 0.255 e. The first-order valence-corrected chi connectivity index (χ1v) is 14.8. The molecule has 9 nitrogen and oxygen atoms in total. The summed E-state index contributed by atoms with van der Waals surface area (Å²) in [6.45, 7) is 10.7. The number of benzene rings is 2. The number of amides is 2. The molecular weight excluding hydrogens is 552 g/mol. The summed E-state index contributed by atoms with van der Waals surface area (Å²) in [6.07, 6.45) is 7.25. The number of carbonyl (C=O) groups is 2. The molecule has 224 valence electrons. The average Bonchev–Trinajstić information content (AvgIpc) is 3.51. The fourth-order valence-corrected chi connectivity index (χ4v) is 5.35. The third kappa shape index (κ3) is 6.05. The van der Waals surface area contributed by atoms with Gasteiger partial charge in [-0.1, -0.05) is 45.0 Å². The monoisotopic (exact) mass is 588 g/mol. The topological polar surface area (TPSA) is 101 Å². The van der Waals surface area contributed by atoms with Crippen molar-refractivity contribution in [3.63, 3.8) is 0 Å². The molecular formula is C35H36N6O3. The normalized spacial score (nSPS) is 13.6. The number of nitrogens with one attached hydrogen (secondary N) is 2. The molecule has 0 radical (unpaired) electrons. The Labute approximate surface area is 256 Å². The number of rotatable bonds is 6. The number of ether oxygens (including phenoxy) is 1. The van der Waals surface area contributed by atoms with Crippen LogP contribution in [0.1, 0.15) is 52.6 Å². The molecule has 0 atom stereocenters. The second kappa shape index (κ2) is 11.9. The number of carbonyl (C=O) groups excluding carboxylic acids is 2. The van der Waals surface area contributed by atoms with Crippen LogP contribution in [0.15, 0.2) is 85.5 Å². The molecule has 1 saturated heterocycles. The van der Waals surface area contributed by atoms with Gasteiger partial charge in [0.1, 0.15) is 5.82 Å². The van der Waals surface area contributed by atoms with Gasteiger partial charge in [-0.15, -0.1) is 0 Å². The van der Waals surface area contributed by atoms with Crippen molar-refractivity contribution in [2.75, 3.05) is 36.9 Å². The molecule has 2 aromatic carbocycles. The number of hydrogen-bond donors (Lipinski definition) is 2. The molecule has 0 saturated carbocycles. The van der Waals surface area contributed by atoms with Crippen LogP contribution in [0.2, 0.25) is 0 Å². The number of hydrogen-bond acceptors (Lipinski definition) is 6. The first-order valence-electron chi connectivity index (χ1n) is 14.8. The Balaban J connectivity index is 1.24. The summed E-state index contributed by atoms with van der Waals surface area (Å²) in [7, 11) is 0. The Hall–Kier alpha value is -5.02. The van der Waals surface area contributed by atoms with Crippen LogP contribution < -0.4 is 10.6 Å². The fraction of sp³-hybridized carbons (Fsp3) is 0.257. The molecule has 5 aromatic rings. The molecule has 4 heterocycles. The maximum atomic E-state index is 13.2. The summed E-state index contributed by atoms with van der Waals surface area (Å²) in [5.41, 5.74) is 7.46. The van der Waals surface area contributed by atoms with Gasteiger partial charge < -0.3 is 24.7 Å². The van der Waals surface area contributed by atoms with Gasteiger partial charge in [0.2, 0.25) is 0 Å². The molecule has 1 aliphatic heterocycles. The Morgan fingerprint density at radius 1 is 0.909 bits per heavy atom. The van der Waals surface area contributed by atoms with E-state index in [1.165, 1.54) is 5.56 Å². The highest BCUT2D eigenvalue weighted by molar-refractivity contribution is 6.05. The summed E-state index contributed by atoms with van der Waals surface area (Å²) >= 11 is 0. The SMILES string of the molecule is Cc1c(NC(=O)c2ccc(C(C)(C)C)cc2)cccc1-c1cc(Nc2ccc(C(=O)N3CCOCC3)cn2)c2nccn2c1. The van der Waals surface area contributed by atoms with Gasteiger partial charge >= 0.3 is 0 Å². The summed E-state index contributed by atoms with van der Waals surface area (Å²) < 4.78 is 7.31. The lowest BCUT2D eigenvalue weighted by Crippen LogP contribution is -2.40. The number of nitrogens with zero attached hydrogens (tertiary/aromatic N) is 4. The first-order chi connectivity index (χ1) is 21.2. The Morgan fingerprint density at radius 2 is 1.66 bits per heavy atom.